The van der Waals surface area contributed by atoms with Crippen LogP contribution in [0, 0.1) is 5.92 Å². The van der Waals surface area contributed by atoms with Crippen molar-refractivity contribution in [3.05, 3.63) is 53.1 Å². The van der Waals surface area contributed by atoms with E-state index in [-0.39, 0.29) is 23.8 Å². The zero-order chi connectivity index (χ0) is 16.8. The number of piperidine rings is 2. The molecule has 24 heavy (non-hydrogen) atoms. The number of phenols is 1. The molecular formula is C19H19ClN2O2. The van der Waals surface area contributed by atoms with Crippen molar-refractivity contribution < 1.29 is 9.90 Å². The molecule has 1 saturated carbocycles. The van der Waals surface area contributed by atoms with Crippen LogP contribution in [0.2, 0.25) is 5.02 Å². The van der Waals surface area contributed by atoms with Gasteiger partial charge in [-0.2, -0.15) is 0 Å². The molecule has 3 fully saturated rings. The van der Waals surface area contributed by atoms with Crippen LogP contribution in [0.25, 0.3) is 0 Å². The molecule has 0 radical (unpaired) electrons. The summed E-state index contributed by atoms with van der Waals surface area (Å²) in [7, 11) is 0. The van der Waals surface area contributed by atoms with E-state index in [0.717, 1.165) is 24.1 Å². The molecule has 5 rings (SSSR count). The molecule has 2 saturated heterocycles. The van der Waals surface area contributed by atoms with Gasteiger partial charge in [0.05, 0.1) is 11.7 Å². The highest BCUT2D eigenvalue weighted by Crippen LogP contribution is 2.48. The molecule has 3 N–H and O–H groups in total. The molecule has 2 aliphatic heterocycles. The summed E-state index contributed by atoms with van der Waals surface area (Å²) in [5.74, 6) is 0.367. The lowest BCUT2D eigenvalue weighted by atomic mass is 9.71. The van der Waals surface area contributed by atoms with Crippen molar-refractivity contribution in [1.82, 2.24) is 0 Å². The Morgan fingerprint density at radius 1 is 1.12 bits per heavy atom. The van der Waals surface area contributed by atoms with Gasteiger partial charge in [0.1, 0.15) is 11.5 Å². The number of phenolic OH excluding ortho intramolecular Hbond substituents is 1. The highest BCUT2D eigenvalue weighted by atomic mass is 35.5. The molecule has 124 valence electrons. The van der Waals surface area contributed by atoms with Gasteiger partial charge in [-0.25, -0.2) is 0 Å². The predicted octanol–water partition coefficient (Wildman–Crippen LogP) is 3.93. The van der Waals surface area contributed by atoms with Crippen molar-refractivity contribution in [2.45, 2.75) is 31.3 Å². The second-order valence-corrected chi connectivity index (χ2v) is 7.09. The first-order valence-corrected chi connectivity index (χ1v) is 8.57. The maximum Gasteiger partial charge on any atom is 0.140 e. The van der Waals surface area contributed by atoms with Crippen LogP contribution in [-0.2, 0) is 4.79 Å². The Balaban J connectivity index is 1.81. The van der Waals surface area contributed by atoms with Crippen LogP contribution in [0.3, 0.4) is 0 Å². The summed E-state index contributed by atoms with van der Waals surface area (Å²) >= 11 is 6.03. The maximum atomic E-state index is 12.5. The number of anilines is 2. The minimum Gasteiger partial charge on any atom is -0.506 e. The molecule has 3 atom stereocenters. The standard InChI is InChI=1S/C19H19ClN2O2/c20-12-2-4-13(5-3-12)22-14-6-7-15(18(24)10-14)19(22)11-1-8-17(23)16(21)9-11/h1-5,8-9,14-15,19,23H,6-7,10,21H2. The molecule has 1 aliphatic carbocycles. The summed E-state index contributed by atoms with van der Waals surface area (Å²) in [6.07, 6.45) is 2.51. The maximum absolute atomic E-state index is 12.5. The van der Waals surface area contributed by atoms with Gasteiger partial charge < -0.3 is 15.7 Å². The van der Waals surface area contributed by atoms with Crippen molar-refractivity contribution in [2.75, 3.05) is 10.6 Å². The summed E-state index contributed by atoms with van der Waals surface area (Å²) in [5.41, 5.74) is 8.28. The number of hydrogen-bond donors (Lipinski definition) is 2. The number of fused-ring (bicyclic) bond motifs is 3. The van der Waals surface area contributed by atoms with E-state index < -0.39 is 0 Å². The van der Waals surface area contributed by atoms with Crippen molar-refractivity contribution in [3.8, 4) is 5.75 Å². The average Bonchev–Trinajstić information content (AvgIpc) is 2.58. The fourth-order valence-corrected chi connectivity index (χ4v) is 4.27. The van der Waals surface area contributed by atoms with E-state index in [9.17, 15) is 9.90 Å². The normalized spacial score (nSPS) is 26.0. The van der Waals surface area contributed by atoms with Gasteiger partial charge in [-0.15, -0.1) is 0 Å². The van der Waals surface area contributed by atoms with Gasteiger partial charge in [-0.1, -0.05) is 17.7 Å². The van der Waals surface area contributed by atoms with Crippen LogP contribution in [-0.4, -0.2) is 16.9 Å². The second kappa shape index (κ2) is 5.71. The lowest BCUT2D eigenvalue weighted by Gasteiger charge is -2.52. The summed E-state index contributed by atoms with van der Waals surface area (Å²) in [4.78, 5) is 14.8. The van der Waals surface area contributed by atoms with Gasteiger partial charge in [-0.05, 0) is 54.8 Å². The molecule has 0 spiro atoms. The number of ketones is 1. The van der Waals surface area contributed by atoms with Gasteiger partial charge in [0, 0.05) is 29.1 Å². The Labute approximate surface area is 145 Å². The number of nitrogen functional groups attached to an aromatic ring is 1. The van der Waals surface area contributed by atoms with E-state index in [0.29, 0.717) is 22.9 Å². The summed E-state index contributed by atoms with van der Waals surface area (Å²) in [6.45, 7) is 0. The summed E-state index contributed by atoms with van der Waals surface area (Å²) < 4.78 is 0. The fraction of sp³-hybridized carbons (Fsp3) is 0.316. The number of nitrogens with two attached hydrogens (primary N) is 1. The lowest BCUT2D eigenvalue weighted by Crippen LogP contribution is -2.54. The fourth-order valence-electron chi connectivity index (χ4n) is 4.15. The largest absolute Gasteiger partial charge is 0.506 e. The molecule has 2 aromatic rings. The lowest BCUT2D eigenvalue weighted by molar-refractivity contribution is -0.128. The number of halogens is 1. The molecular weight excluding hydrogens is 324 g/mol. The van der Waals surface area contributed by atoms with Crippen molar-refractivity contribution in [1.29, 1.82) is 0 Å². The zero-order valence-corrected chi connectivity index (χ0v) is 13.9. The first-order valence-electron chi connectivity index (χ1n) is 8.19. The molecule has 0 aromatic heterocycles. The molecule has 2 aromatic carbocycles. The number of hydrogen-bond acceptors (Lipinski definition) is 4. The third kappa shape index (κ3) is 2.42. The van der Waals surface area contributed by atoms with E-state index in [1.54, 1.807) is 12.1 Å². The van der Waals surface area contributed by atoms with Crippen LogP contribution in [0.1, 0.15) is 30.9 Å². The first kappa shape index (κ1) is 15.3. The van der Waals surface area contributed by atoms with Crippen LogP contribution in [0.4, 0.5) is 11.4 Å². The van der Waals surface area contributed by atoms with E-state index in [2.05, 4.69) is 4.90 Å². The molecule has 3 unspecified atom stereocenters. The molecule has 5 heteroatoms. The first-order chi connectivity index (χ1) is 11.5. The van der Waals surface area contributed by atoms with E-state index in [1.807, 2.05) is 30.3 Å². The minimum atomic E-state index is -0.0472. The number of aromatic hydroxyl groups is 1. The van der Waals surface area contributed by atoms with E-state index >= 15 is 0 Å². The SMILES string of the molecule is Nc1cc(C2C3CCC(CC3=O)N2c2ccc(Cl)cc2)ccc1O. The van der Waals surface area contributed by atoms with Gasteiger partial charge in [-0.3, -0.25) is 4.79 Å². The van der Waals surface area contributed by atoms with Gasteiger partial charge in [0.2, 0.25) is 0 Å². The Kier molecular flexibility index (Phi) is 3.65. The molecule has 2 heterocycles. The topological polar surface area (TPSA) is 66.6 Å². The molecule has 0 amide bonds. The summed E-state index contributed by atoms with van der Waals surface area (Å²) in [5, 5.41) is 10.4. The molecule has 2 bridgehead atoms. The second-order valence-electron chi connectivity index (χ2n) is 6.65. The van der Waals surface area contributed by atoms with Crippen molar-refractivity contribution in [3.63, 3.8) is 0 Å². The Hall–Kier alpha value is -2.20. The molecule has 3 aliphatic rings. The average molecular weight is 343 g/mol. The number of benzene rings is 2. The molecule has 4 nitrogen and oxygen atoms in total. The third-order valence-corrected chi connectivity index (χ3v) is 5.51. The van der Waals surface area contributed by atoms with Crippen molar-refractivity contribution in [2.24, 2.45) is 5.92 Å². The van der Waals surface area contributed by atoms with Crippen LogP contribution in [0.5, 0.6) is 5.75 Å². The van der Waals surface area contributed by atoms with Crippen LogP contribution >= 0.6 is 11.6 Å². The highest BCUT2D eigenvalue weighted by molar-refractivity contribution is 6.30. The zero-order valence-electron chi connectivity index (χ0n) is 13.2. The Morgan fingerprint density at radius 2 is 1.88 bits per heavy atom. The number of carbonyl (C=O) groups is 1. The Morgan fingerprint density at radius 3 is 2.54 bits per heavy atom. The van der Waals surface area contributed by atoms with E-state index in [1.165, 1.54) is 0 Å². The smallest absolute Gasteiger partial charge is 0.140 e. The highest BCUT2D eigenvalue weighted by Gasteiger charge is 2.47. The number of Topliss-reactive ketones (excluding diaryl/α,β-unsaturated/α-hetero) is 1. The predicted molar refractivity (Wildman–Crippen MR) is 95.3 cm³/mol. The van der Waals surface area contributed by atoms with Gasteiger partial charge in [0.25, 0.3) is 0 Å². The number of rotatable bonds is 2. The van der Waals surface area contributed by atoms with Gasteiger partial charge in [0.15, 0.2) is 0 Å². The number of nitrogens with zero attached hydrogens (tertiary/aromatic N) is 1. The summed E-state index contributed by atoms with van der Waals surface area (Å²) in [6, 6.07) is 13.2. The minimum absolute atomic E-state index is 0.0328. The van der Waals surface area contributed by atoms with Crippen molar-refractivity contribution >= 4 is 28.8 Å². The van der Waals surface area contributed by atoms with Gasteiger partial charge >= 0.3 is 0 Å². The van der Waals surface area contributed by atoms with E-state index in [4.69, 9.17) is 17.3 Å². The van der Waals surface area contributed by atoms with Crippen LogP contribution in [0.15, 0.2) is 42.5 Å². The quantitative estimate of drug-likeness (QED) is 0.641. The monoisotopic (exact) mass is 342 g/mol. The Bertz CT molecular complexity index is 790. The number of carbonyl (C=O) groups excluding carboxylic acids is 1. The van der Waals surface area contributed by atoms with Crippen LogP contribution < -0.4 is 10.6 Å². The third-order valence-electron chi connectivity index (χ3n) is 5.25.